The van der Waals surface area contributed by atoms with Gasteiger partial charge in [-0.15, -0.1) is 11.3 Å². The van der Waals surface area contributed by atoms with Gasteiger partial charge in [0, 0.05) is 10.4 Å². The first kappa shape index (κ1) is 16.2. The van der Waals surface area contributed by atoms with Crippen molar-refractivity contribution in [1.29, 1.82) is 0 Å². The molecule has 1 heterocycles. The number of carbonyl (C=O) groups is 1. The van der Waals surface area contributed by atoms with E-state index in [4.69, 9.17) is 0 Å². The van der Waals surface area contributed by atoms with Crippen molar-refractivity contribution in [3.05, 3.63) is 58.2 Å². The van der Waals surface area contributed by atoms with Gasteiger partial charge in [0.2, 0.25) is 0 Å². The number of phenols is 2. The van der Waals surface area contributed by atoms with E-state index in [0.29, 0.717) is 16.0 Å². The molecule has 0 fully saturated rings. The third-order valence-electron chi connectivity index (χ3n) is 3.97. The number of thiophene rings is 1. The molecular formula is C19H15FO3S. The SMILES string of the molecule is Cc1cc(O)ccc1-c1sc(C=O)c(-c2ccc(O)c(F)c2)c1C. The van der Waals surface area contributed by atoms with Crippen LogP contribution in [0.1, 0.15) is 20.8 Å². The fraction of sp³-hybridized carbons (Fsp3) is 0.105. The Labute approximate surface area is 142 Å². The summed E-state index contributed by atoms with van der Waals surface area (Å²) in [7, 11) is 0. The first-order chi connectivity index (χ1) is 11.4. The van der Waals surface area contributed by atoms with Crippen molar-refractivity contribution < 1.29 is 19.4 Å². The van der Waals surface area contributed by atoms with Gasteiger partial charge in [0.1, 0.15) is 5.75 Å². The van der Waals surface area contributed by atoms with E-state index in [2.05, 4.69) is 0 Å². The van der Waals surface area contributed by atoms with Crippen LogP contribution in [0, 0.1) is 19.7 Å². The minimum atomic E-state index is -0.725. The highest BCUT2D eigenvalue weighted by atomic mass is 32.1. The molecule has 122 valence electrons. The van der Waals surface area contributed by atoms with Gasteiger partial charge < -0.3 is 10.2 Å². The summed E-state index contributed by atoms with van der Waals surface area (Å²) < 4.78 is 13.7. The molecule has 0 radical (unpaired) electrons. The zero-order chi connectivity index (χ0) is 17.4. The second-order valence-electron chi connectivity index (χ2n) is 5.58. The zero-order valence-electron chi connectivity index (χ0n) is 13.1. The van der Waals surface area contributed by atoms with Crippen LogP contribution in [0.5, 0.6) is 11.5 Å². The Hall–Kier alpha value is -2.66. The van der Waals surface area contributed by atoms with Gasteiger partial charge in [0.15, 0.2) is 17.9 Å². The normalized spacial score (nSPS) is 10.8. The number of aldehydes is 1. The lowest BCUT2D eigenvalue weighted by atomic mass is 9.97. The Morgan fingerprint density at radius 1 is 1.08 bits per heavy atom. The van der Waals surface area contributed by atoms with Crippen molar-refractivity contribution in [1.82, 2.24) is 0 Å². The monoisotopic (exact) mass is 342 g/mol. The maximum absolute atomic E-state index is 13.7. The Morgan fingerprint density at radius 3 is 2.46 bits per heavy atom. The van der Waals surface area contributed by atoms with E-state index < -0.39 is 11.6 Å². The van der Waals surface area contributed by atoms with Crippen molar-refractivity contribution >= 4 is 17.6 Å². The molecule has 3 rings (SSSR count). The van der Waals surface area contributed by atoms with Gasteiger partial charge in [-0.05, 0) is 66.4 Å². The molecule has 0 amide bonds. The number of benzene rings is 2. The van der Waals surface area contributed by atoms with Crippen LogP contribution >= 0.6 is 11.3 Å². The first-order valence-corrected chi connectivity index (χ1v) is 8.11. The number of aryl methyl sites for hydroxylation is 1. The van der Waals surface area contributed by atoms with Gasteiger partial charge in [0.25, 0.3) is 0 Å². The van der Waals surface area contributed by atoms with Gasteiger partial charge >= 0.3 is 0 Å². The molecule has 0 aliphatic carbocycles. The Kier molecular flexibility index (Phi) is 4.11. The van der Waals surface area contributed by atoms with Crippen LogP contribution in [0.15, 0.2) is 36.4 Å². The molecule has 0 unspecified atom stereocenters. The van der Waals surface area contributed by atoms with E-state index in [1.807, 2.05) is 13.8 Å². The average Bonchev–Trinajstić information content (AvgIpc) is 2.87. The molecule has 2 aromatic carbocycles. The lowest BCUT2D eigenvalue weighted by molar-refractivity contribution is 0.112. The lowest BCUT2D eigenvalue weighted by Crippen LogP contribution is -1.87. The molecule has 24 heavy (non-hydrogen) atoms. The average molecular weight is 342 g/mol. The largest absolute Gasteiger partial charge is 0.508 e. The van der Waals surface area contributed by atoms with Crippen molar-refractivity contribution in [2.75, 3.05) is 0 Å². The number of hydrogen-bond donors (Lipinski definition) is 2. The van der Waals surface area contributed by atoms with E-state index in [1.165, 1.54) is 23.5 Å². The summed E-state index contributed by atoms with van der Waals surface area (Å²) in [6, 6.07) is 9.16. The minimum Gasteiger partial charge on any atom is -0.508 e. The van der Waals surface area contributed by atoms with Crippen molar-refractivity contribution in [3.8, 4) is 33.1 Å². The van der Waals surface area contributed by atoms with Gasteiger partial charge in [-0.2, -0.15) is 0 Å². The van der Waals surface area contributed by atoms with E-state index in [1.54, 1.807) is 24.3 Å². The molecule has 3 aromatic rings. The summed E-state index contributed by atoms with van der Waals surface area (Å²) in [5.74, 6) is -0.965. The highest BCUT2D eigenvalue weighted by molar-refractivity contribution is 7.17. The molecule has 0 saturated heterocycles. The Bertz CT molecular complexity index is 944. The number of carbonyl (C=O) groups excluding carboxylic acids is 1. The maximum atomic E-state index is 13.7. The van der Waals surface area contributed by atoms with Crippen LogP contribution in [0.3, 0.4) is 0 Å². The van der Waals surface area contributed by atoms with Gasteiger partial charge in [-0.25, -0.2) is 4.39 Å². The number of phenolic OH excluding ortho intramolecular Hbond substituents is 2. The molecule has 3 nitrogen and oxygen atoms in total. The Morgan fingerprint density at radius 2 is 1.83 bits per heavy atom. The summed E-state index contributed by atoms with van der Waals surface area (Å²) in [4.78, 5) is 12.9. The van der Waals surface area contributed by atoms with Crippen LogP contribution in [-0.2, 0) is 0 Å². The van der Waals surface area contributed by atoms with Gasteiger partial charge in [-0.3, -0.25) is 4.79 Å². The quantitative estimate of drug-likeness (QED) is 0.654. The summed E-state index contributed by atoms with van der Waals surface area (Å²) in [5.41, 5.74) is 3.88. The van der Waals surface area contributed by atoms with Crippen molar-refractivity contribution in [3.63, 3.8) is 0 Å². The number of halogens is 1. The van der Waals surface area contributed by atoms with Gasteiger partial charge in [-0.1, -0.05) is 6.07 Å². The van der Waals surface area contributed by atoms with E-state index >= 15 is 0 Å². The molecule has 0 atom stereocenters. The zero-order valence-corrected chi connectivity index (χ0v) is 13.9. The summed E-state index contributed by atoms with van der Waals surface area (Å²) >= 11 is 1.33. The van der Waals surface area contributed by atoms with Crippen molar-refractivity contribution in [2.45, 2.75) is 13.8 Å². The fourth-order valence-electron chi connectivity index (χ4n) is 2.80. The third kappa shape index (κ3) is 2.67. The molecular weight excluding hydrogens is 327 g/mol. The second-order valence-corrected chi connectivity index (χ2v) is 6.63. The molecule has 5 heteroatoms. The minimum absolute atomic E-state index is 0.182. The van der Waals surface area contributed by atoms with Crippen LogP contribution in [-0.4, -0.2) is 16.5 Å². The molecule has 1 aromatic heterocycles. The molecule has 0 spiro atoms. The smallest absolute Gasteiger partial charge is 0.165 e. The summed E-state index contributed by atoms with van der Waals surface area (Å²) in [6.45, 7) is 3.76. The standard InChI is InChI=1S/C19H15FO3S/c1-10-7-13(22)4-5-14(10)19-11(2)18(17(9-21)24-19)12-3-6-16(23)15(20)8-12/h3-9,22-23H,1-2H3. The molecule has 2 N–H and O–H groups in total. The van der Waals surface area contributed by atoms with Crippen molar-refractivity contribution in [2.24, 2.45) is 0 Å². The van der Waals surface area contributed by atoms with E-state index in [0.717, 1.165) is 27.9 Å². The highest BCUT2D eigenvalue weighted by Gasteiger charge is 2.19. The van der Waals surface area contributed by atoms with Crippen LogP contribution in [0.4, 0.5) is 4.39 Å². The van der Waals surface area contributed by atoms with E-state index in [9.17, 15) is 19.4 Å². The lowest BCUT2D eigenvalue weighted by Gasteiger charge is -2.07. The van der Waals surface area contributed by atoms with E-state index in [-0.39, 0.29) is 5.75 Å². The number of rotatable bonds is 3. The molecule has 0 saturated carbocycles. The van der Waals surface area contributed by atoms with Crippen LogP contribution in [0.2, 0.25) is 0 Å². The Balaban J connectivity index is 2.23. The second kappa shape index (κ2) is 6.09. The first-order valence-electron chi connectivity index (χ1n) is 7.29. The molecule has 0 bridgehead atoms. The third-order valence-corrected chi connectivity index (χ3v) is 5.22. The maximum Gasteiger partial charge on any atom is 0.165 e. The van der Waals surface area contributed by atoms with Crippen LogP contribution in [0.25, 0.3) is 21.6 Å². The predicted octanol–water partition coefficient (Wildman–Crippen LogP) is 5.06. The highest BCUT2D eigenvalue weighted by Crippen LogP contribution is 2.43. The number of aromatic hydroxyl groups is 2. The predicted molar refractivity (Wildman–Crippen MR) is 93.3 cm³/mol. The summed E-state index contributed by atoms with van der Waals surface area (Å²) in [5, 5.41) is 18.9. The van der Waals surface area contributed by atoms with Gasteiger partial charge in [0.05, 0.1) is 4.88 Å². The summed E-state index contributed by atoms with van der Waals surface area (Å²) in [6.07, 6.45) is 0.761. The topological polar surface area (TPSA) is 57.5 Å². The molecule has 0 aliphatic rings. The fourth-order valence-corrected chi connectivity index (χ4v) is 4.03. The van der Waals surface area contributed by atoms with Crippen LogP contribution < -0.4 is 0 Å². The molecule has 0 aliphatic heterocycles. The number of hydrogen-bond acceptors (Lipinski definition) is 4.